The van der Waals surface area contributed by atoms with E-state index < -0.39 is 11.2 Å². The van der Waals surface area contributed by atoms with E-state index >= 15 is 0 Å². The second-order valence-corrected chi connectivity index (χ2v) is 7.09. The topological polar surface area (TPSA) is 57.7 Å². The zero-order valence-corrected chi connectivity index (χ0v) is 15.7. The maximum Gasteiger partial charge on any atom is 0.260 e. The van der Waals surface area contributed by atoms with E-state index in [9.17, 15) is 18.8 Å². The summed E-state index contributed by atoms with van der Waals surface area (Å²) in [5.74, 6) is -1.07. The van der Waals surface area contributed by atoms with Gasteiger partial charge in [-0.3, -0.25) is 4.79 Å². The summed E-state index contributed by atoms with van der Waals surface area (Å²) in [5, 5.41) is 9.69. The molecule has 0 radical (unpaired) electrons. The van der Waals surface area contributed by atoms with Crippen LogP contribution in [-0.2, 0) is 11.2 Å². The van der Waals surface area contributed by atoms with Crippen LogP contribution in [0.15, 0.2) is 42.5 Å². The van der Waals surface area contributed by atoms with Crippen LogP contribution in [0.5, 0.6) is 5.75 Å². The molecule has 0 aromatic heterocycles. The molecule has 1 aliphatic rings. The monoisotopic (exact) mass is 395 g/mol. The Labute approximate surface area is 167 Å². The maximum absolute atomic E-state index is 13.6. The molecule has 2 aromatic rings. The highest BCUT2D eigenvalue weighted by Gasteiger charge is 2.36. The first kappa shape index (κ1) is 20.3. The van der Waals surface area contributed by atoms with Crippen LogP contribution in [-0.4, -0.2) is 30.5 Å². The molecule has 0 spiro atoms. The minimum absolute atomic E-state index is 0.103. The van der Waals surface area contributed by atoms with Gasteiger partial charge in [0.1, 0.15) is 17.4 Å². The predicted octanol–water partition coefficient (Wildman–Crippen LogP) is 4.27. The van der Waals surface area contributed by atoms with E-state index in [0.717, 1.165) is 11.6 Å². The van der Waals surface area contributed by atoms with Crippen LogP contribution in [0.25, 0.3) is 4.85 Å². The molecule has 1 fully saturated rings. The van der Waals surface area contributed by atoms with Crippen LogP contribution in [0.2, 0.25) is 0 Å². The van der Waals surface area contributed by atoms with Gasteiger partial charge in [0.2, 0.25) is 5.69 Å². The summed E-state index contributed by atoms with van der Waals surface area (Å²) >= 11 is 0. The minimum atomic E-state index is -0.692. The summed E-state index contributed by atoms with van der Waals surface area (Å²) < 4.78 is 32.0. The van der Waals surface area contributed by atoms with Gasteiger partial charge in [0.05, 0.1) is 18.1 Å². The molecule has 0 unspecified atom stereocenters. The number of rotatable bonds is 5. The lowest BCUT2D eigenvalue weighted by molar-refractivity contribution is -0.135. The number of carbonyl (C=O) groups excluding carboxylic acids is 1. The van der Waals surface area contributed by atoms with E-state index in [1.807, 2.05) is 0 Å². The SMILES string of the molecule is [C-]#[N+]c1ccc(OCC(=O)N2CCC(C#N)(Cc3ccc(F)cc3)CC2)cc1F. The van der Waals surface area contributed by atoms with Crippen molar-refractivity contribution in [2.24, 2.45) is 5.41 Å². The Morgan fingerprint density at radius 3 is 2.48 bits per heavy atom. The van der Waals surface area contributed by atoms with Crippen LogP contribution in [0.3, 0.4) is 0 Å². The summed E-state index contributed by atoms with van der Waals surface area (Å²) in [6.07, 6.45) is 1.54. The summed E-state index contributed by atoms with van der Waals surface area (Å²) in [6, 6.07) is 12.3. The highest BCUT2D eigenvalue weighted by molar-refractivity contribution is 5.78. The third kappa shape index (κ3) is 4.89. The first-order chi connectivity index (χ1) is 13.9. The van der Waals surface area contributed by atoms with Gasteiger partial charge in [-0.1, -0.05) is 12.1 Å². The van der Waals surface area contributed by atoms with Crippen LogP contribution in [0.4, 0.5) is 14.5 Å². The van der Waals surface area contributed by atoms with Gasteiger partial charge in [-0.25, -0.2) is 13.6 Å². The van der Waals surface area contributed by atoms with Crippen molar-refractivity contribution < 1.29 is 18.3 Å². The molecule has 148 valence electrons. The molecule has 0 aliphatic carbocycles. The molecule has 0 atom stereocenters. The minimum Gasteiger partial charge on any atom is -0.484 e. The van der Waals surface area contributed by atoms with E-state index in [4.69, 9.17) is 11.3 Å². The summed E-state index contributed by atoms with van der Waals surface area (Å²) in [6.45, 7) is 7.43. The van der Waals surface area contributed by atoms with Crippen molar-refractivity contribution in [2.45, 2.75) is 19.3 Å². The number of amides is 1. The van der Waals surface area contributed by atoms with Gasteiger partial charge < -0.3 is 9.64 Å². The first-order valence-electron chi connectivity index (χ1n) is 9.18. The smallest absolute Gasteiger partial charge is 0.260 e. The molecule has 0 N–H and O–H groups in total. The third-order valence-corrected chi connectivity index (χ3v) is 5.17. The van der Waals surface area contributed by atoms with Crippen molar-refractivity contribution in [1.29, 1.82) is 5.26 Å². The van der Waals surface area contributed by atoms with Gasteiger partial charge in [0.25, 0.3) is 5.91 Å². The van der Waals surface area contributed by atoms with Crippen LogP contribution >= 0.6 is 0 Å². The van der Waals surface area contributed by atoms with Crippen molar-refractivity contribution in [3.05, 3.63) is 71.1 Å². The molecular formula is C22H19F2N3O2. The van der Waals surface area contributed by atoms with Crippen molar-refractivity contribution >= 4 is 11.6 Å². The largest absolute Gasteiger partial charge is 0.484 e. The zero-order valence-electron chi connectivity index (χ0n) is 15.7. The molecule has 1 heterocycles. The molecule has 29 heavy (non-hydrogen) atoms. The molecule has 1 saturated heterocycles. The van der Waals surface area contributed by atoms with Crippen molar-refractivity contribution in [2.75, 3.05) is 19.7 Å². The van der Waals surface area contributed by atoms with Gasteiger partial charge in [-0.15, -0.1) is 0 Å². The number of ether oxygens (including phenoxy) is 1. The molecule has 0 bridgehead atoms. The molecule has 1 aliphatic heterocycles. The average molecular weight is 395 g/mol. The number of halogens is 2. The van der Waals surface area contributed by atoms with Crippen LogP contribution < -0.4 is 4.74 Å². The number of carbonyl (C=O) groups is 1. The van der Waals surface area contributed by atoms with Crippen molar-refractivity contribution in [1.82, 2.24) is 4.90 Å². The standard InChI is InChI=1S/C22H19F2N3O2/c1-26-20-7-6-18(12-19(20)24)29-14-21(28)27-10-8-22(15-25,9-11-27)13-16-2-4-17(23)5-3-16/h2-7,12H,8-11,13-14H2. The molecular weight excluding hydrogens is 376 g/mol. The Kier molecular flexibility index (Phi) is 6.09. The Bertz CT molecular complexity index is 969. The van der Waals surface area contributed by atoms with Gasteiger partial charge >= 0.3 is 0 Å². The zero-order chi connectivity index (χ0) is 20.9. The maximum atomic E-state index is 13.6. The lowest BCUT2D eigenvalue weighted by atomic mass is 9.75. The fourth-order valence-corrected chi connectivity index (χ4v) is 3.41. The molecule has 1 amide bonds. The molecule has 7 heteroatoms. The highest BCUT2D eigenvalue weighted by Crippen LogP contribution is 2.34. The fourth-order valence-electron chi connectivity index (χ4n) is 3.41. The number of benzene rings is 2. The number of hydrogen-bond donors (Lipinski definition) is 0. The van der Waals surface area contributed by atoms with E-state index in [2.05, 4.69) is 10.9 Å². The van der Waals surface area contributed by atoms with Gasteiger partial charge in [0, 0.05) is 19.2 Å². The average Bonchev–Trinajstić information content (AvgIpc) is 2.74. The van der Waals surface area contributed by atoms with Crippen molar-refractivity contribution in [3.63, 3.8) is 0 Å². The van der Waals surface area contributed by atoms with E-state index in [-0.39, 0.29) is 29.8 Å². The van der Waals surface area contributed by atoms with E-state index in [1.54, 1.807) is 17.0 Å². The van der Waals surface area contributed by atoms with Gasteiger partial charge in [0.15, 0.2) is 6.61 Å². The Balaban J connectivity index is 1.54. The number of nitrogens with zero attached hydrogens (tertiary/aromatic N) is 3. The first-order valence-corrected chi connectivity index (χ1v) is 9.18. The molecule has 0 saturated carbocycles. The third-order valence-electron chi connectivity index (χ3n) is 5.17. The normalized spacial score (nSPS) is 15.2. The van der Waals surface area contributed by atoms with Crippen LogP contribution in [0.1, 0.15) is 18.4 Å². The fraction of sp³-hybridized carbons (Fsp3) is 0.318. The van der Waals surface area contributed by atoms with Crippen LogP contribution in [0, 0.1) is 35.0 Å². The van der Waals surface area contributed by atoms with Gasteiger partial charge in [-0.2, -0.15) is 5.26 Å². The van der Waals surface area contributed by atoms with Crippen molar-refractivity contribution in [3.8, 4) is 11.8 Å². The Hall–Kier alpha value is -3.45. The summed E-state index contributed by atoms with van der Waals surface area (Å²) in [4.78, 5) is 17.1. The highest BCUT2D eigenvalue weighted by atomic mass is 19.1. The molecule has 2 aromatic carbocycles. The molecule has 5 nitrogen and oxygen atoms in total. The predicted molar refractivity (Wildman–Crippen MR) is 102 cm³/mol. The Morgan fingerprint density at radius 1 is 1.21 bits per heavy atom. The lowest BCUT2D eigenvalue weighted by Gasteiger charge is -2.37. The number of hydrogen-bond acceptors (Lipinski definition) is 3. The number of piperidine rings is 1. The van der Waals surface area contributed by atoms with E-state index in [1.165, 1.54) is 24.3 Å². The Morgan fingerprint density at radius 2 is 1.90 bits per heavy atom. The summed E-state index contributed by atoms with van der Waals surface area (Å²) in [7, 11) is 0. The second-order valence-electron chi connectivity index (χ2n) is 7.09. The molecule has 3 rings (SSSR count). The number of likely N-dealkylation sites (tertiary alicyclic amines) is 1. The second kappa shape index (κ2) is 8.70. The summed E-state index contributed by atoms with van der Waals surface area (Å²) in [5.41, 5.74) is 0.198. The lowest BCUT2D eigenvalue weighted by Crippen LogP contribution is -2.45. The van der Waals surface area contributed by atoms with Gasteiger partial charge in [-0.05, 0) is 49.1 Å². The number of nitriles is 1. The van der Waals surface area contributed by atoms with E-state index in [0.29, 0.717) is 32.4 Å². The quantitative estimate of drug-likeness (QED) is 0.711.